The minimum Gasteiger partial charge on any atom is -0.399 e. The molecule has 1 aromatic rings. The second kappa shape index (κ2) is 5.46. The Labute approximate surface area is 114 Å². The van der Waals surface area contributed by atoms with E-state index in [2.05, 4.69) is 4.72 Å². The van der Waals surface area contributed by atoms with Crippen molar-refractivity contribution in [2.75, 3.05) is 12.3 Å². The zero-order valence-electron chi connectivity index (χ0n) is 11.7. The Morgan fingerprint density at radius 1 is 1.37 bits per heavy atom. The van der Waals surface area contributed by atoms with Crippen LogP contribution in [0.25, 0.3) is 0 Å². The first-order valence-electron chi connectivity index (χ1n) is 6.09. The molecule has 19 heavy (non-hydrogen) atoms. The number of nitrogen functional groups attached to an aromatic ring is 1. The van der Waals surface area contributed by atoms with Crippen molar-refractivity contribution >= 4 is 15.7 Å². The van der Waals surface area contributed by atoms with Gasteiger partial charge in [-0.2, -0.15) is 0 Å². The number of nitrogens with one attached hydrogen (secondary N) is 1. The normalized spacial score (nSPS) is 14.4. The van der Waals surface area contributed by atoms with Crippen LogP contribution in [0.5, 0.6) is 0 Å². The molecule has 1 atom stereocenters. The van der Waals surface area contributed by atoms with E-state index in [4.69, 9.17) is 5.73 Å². The van der Waals surface area contributed by atoms with Gasteiger partial charge in [-0.25, -0.2) is 17.5 Å². The molecule has 0 aliphatic heterocycles. The number of hydrogen-bond donors (Lipinski definition) is 2. The predicted octanol–water partition coefficient (Wildman–Crippen LogP) is 2.37. The van der Waals surface area contributed by atoms with Gasteiger partial charge in [0, 0.05) is 12.2 Å². The van der Waals surface area contributed by atoms with E-state index in [1.54, 1.807) is 0 Å². The summed E-state index contributed by atoms with van der Waals surface area (Å²) in [7, 11) is -3.87. The molecule has 0 spiro atoms. The maximum Gasteiger partial charge on any atom is 0.243 e. The van der Waals surface area contributed by atoms with Crippen LogP contribution in [0, 0.1) is 17.2 Å². The maximum absolute atomic E-state index is 13.5. The first-order chi connectivity index (χ1) is 8.54. The Morgan fingerprint density at radius 3 is 2.47 bits per heavy atom. The van der Waals surface area contributed by atoms with Crippen molar-refractivity contribution in [3.63, 3.8) is 0 Å². The van der Waals surface area contributed by atoms with Crippen molar-refractivity contribution in [1.29, 1.82) is 0 Å². The van der Waals surface area contributed by atoms with Crippen molar-refractivity contribution in [1.82, 2.24) is 4.72 Å². The Hall–Kier alpha value is -1.14. The van der Waals surface area contributed by atoms with Crippen molar-refractivity contribution in [2.24, 2.45) is 11.3 Å². The van der Waals surface area contributed by atoms with Gasteiger partial charge in [0.15, 0.2) is 0 Å². The fraction of sp³-hybridized carbons (Fsp3) is 0.538. The van der Waals surface area contributed by atoms with E-state index >= 15 is 0 Å². The molecule has 4 nitrogen and oxygen atoms in total. The molecule has 108 valence electrons. The van der Waals surface area contributed by atoms with Crippen LogP contribution in [0.2, 0.25) is 0 Å². The lowest BCUT2D eigenvalue weighted by molar-refractivity contribution is 0.263. The highest BCUT2D eigenvalue weighted by molar-refractivity contribution is 7.89. The number of anilines is 1. The Morgan fingerprint density at radius 2 is 1.95 bits per heavy atom. The van der Waals surface area contributed by atoms with Gasteiger partial charge in [-0.3, -0.25) is 0 Å². The molecule has 6 heteroatoms. The van der Waals surface area contributed by atoms with Crippen molar-refractivity contribution in [3.05, 3.63) is 24.0 Å². The fourth-order valence-corrected chi connectivity index (χ4v) is 2.59. The quantitative estimate of drug-likeness (QED) is 0.835. The molecule has 3 N–H and O–H groups in total. The fourth-order valence-electron chi connectivity index (χ4n) is 1.34. The summed E-state index contributed by atoms with van der Waals surface area (Å²) >= 11 is 0. The van der Waals surface area contributed by atoms with E-state index in [0.29, 0.717) is 0 Å². The number of rotatable bonds is 4. The third-order valence-electron chi connectivity index (χ3n) is 3.30. The Bertz CT molecular complexity index is 550. The largest absolute Gasteiger partial charge is 0.399 e. The summed E-state index contributed by atoms with van der Waals surface area (Å²) in [6.07, 6.45) is 0. The lowest BCUT2D eigenvalue weighted by atomic mass is 9.82. The molecule has 1 aromatic carbocycles. The molecular formula is C13H21FN2O2S. The number of hydrogen-bond acceptors (Lipinski definition) is 3. The second-order valence-corrected chi connectivity index (χ2v) is 7.54. The first-order valence-corrected chi connectivity index (χ1v) is 7.57. The average molecular weight is 288 g/mol. The molecule has 1 unspecified atom stereocenters. The number of nitrogens with two attached hydrogens (primary N) is 1. The van der Waals surface area contributed by atoms with Gasteiger partial charge in [0.05, 0.1) is 0 Å². The molecule has 0 amide bonds. The van der Waals surface area contributed by atoms with E-state index in [-0.39, 0.29) is 23.6 Å². The van der Waals surface area contributed by atoms with Gasteiger partial charge in [-0.15, -0.1) is 0 Å². The maximum atomic E-state index is 13.5. The van der Waals surface area contributed by atoms with Crippen LogP contribution in [0.15, 0.2) is 23.1 Å². The monoisotopic (exact) mass is 288 g/mol. The topological polar surface area (TPSA) is 72.2 Å². The Kier molecular flexibility index (Phi) is 4.58. The standard InChI is InChI=1S/C13H21FN2O2S/c1-9(13(2,3)4)8-16-19(17,18)12-7-10(15)5-6-11(12)14/h5-7,9,16H,8,15H2,1-4H3. The van der Waals surface area contributed by atoms with Crippen molar-refractivity contribution in [2.45, 2.75) is 32.6 Å². The molecular weight excluding hydrogens is 267 g/mol. The molecule has 0 saturated carbocycles. The molecule has 1 rings (SSSR count). The molecule has 0 saturated heterocycles. The molecule has 0 bridgehead atoms. The van der Waals surface area contributed by atoms with Crippen LogP contribution in [-0.4, -0.2) is 15.0 Å². The highest BCUT2D eigenvalue weighted by Gasteiger charge is 2.24. The van der Waals surface area contributed by atoms with Gasteiger partial charge >= 0.3 is 0 Å². The van der Waals surface area contributed by atoms with E-state index in [9.17, 15) is 12.8 Å². The minimum atomic E-state index is -3.87. The van der Waals surface area contributed by atoms with Gasteiger partial charge in [-0.05, 0) is 29.5 Å². The third kappa shape index (κ3) is 4.18. The number of sulfonamides is 1. The van der Waals surface area contributed by atoms with Gasteiger partial charge in [0.2, 0.25) is 10.0 Å². The third-order valence-corrected chi connectivity index (χ3v) is 4.74. The highest BCUT2D eigenvalue weighted by atomic mass is 32.2. The van der Waals surface area contributed by atoms with Gasteiger partial charge in [-0.1, -0.05) is 27.7 Å². The SMILES string of the molecule is CC(CNS(=O)(=O)c1cc(N)ccc1F)C(C)(C)C. The summed E-state index contributed by atoms with van der Waals surface area (Å²) in [5, 5.41) is 0. The number of benzene rings is 1. The summed E-state index contributed by atoms with van der Waals surface area (Å²) in [6, 6.07) is 3.50. The van der Waals surface area contributed by atoms with Crippen molar-refractivity contribution < 1.29 is 12.8 Å². The van der Waals surface area contributed by atoms with Crippen LogP contribution in [-0.2, 0) is 10.0 Å². The van der Waals surface area contributed by atoms with Gasteiger partial charge in [0.25, 0.3) is 0 Å². The molecule has 0 heterocycles. The number of halogens is 1. The zero-order chi connectivity index (χ0) is 14.8. The van der Waals surface area contributed by atoms with Crippen LogP contribution in [0.1, 0.15) is 27.7 Å². The molecule has 0 aliphatic rings. The molecule has 0 radical (unpaired) electrons. The van der Waals surface area contributed by atoms with E-state index in [1.807, 2.05) is 27.7 Å². The highest BCUT2D eigenvalue weighted by Crippen LogP contribution is 2.25. The smallest absolute Gasteiger partial charge is 0.243 e. The second-order valence-electron chi connectivity index (χ2n) is 5.81. The van der Waals surface area contributed by atoms with Crippen LogP contribution in [0.3, 0.4) is 0 Å². The van der Waals surface area contributed by atoms with E-state index in [1.165, 1.54) is 6.07 Å². The summed E-state index contributed by atoms with van der Waals surface area (Å²) in [4.78, 5) is -0.409. The van der Waals surface area contributed by atoms with E-state index in [0.717, 1.165) is 12.1 Å². The minimum absolute atomic E-state index is 0.0310. The molecule has 0 fully saturated rings. The molecule has 0 aromatic heterocycles. The Balaban J connectivity index is 2.91. The molecule has 0 aliphatic carbocycles. The summed E-state index contributed by atoms with van der Waals surface area (Å²) < 4.78 is 40.0. The van der Waals surface area contributed by atoms with Crippen LogP contribution < -0.4 is 10.5 Å². The summed E-state index contributed by atoms with van der Waals surface area (Å²) in [5.74, 6) is -0.684. The van der Waals surface area contributed by atoms with Gasteiger partial charge < -0.3 is 5.73 Å². The van der Waals surface area contributed by atoms with Crippen LogP contribution in [0.4, 0.5) is 10.1 Å². The van der Waals surface area contributed by atoms with Gasteiger partial charge in [0.1, 0.15) is 10.7 Å². The summed E-state index contributed by atoms with van der Waals surface area (Å²) in [6.45, 7) is 8.26. The van der Waals surface area contributed by atoms with Crippen LogP contribution >= 0.6 is 0 Å². The predicted molar refractivity (Wildman–Crippen MR) is 74.6 cm³/mol. The van der Waals surface area contributed by atoms with Crippen molar-refractivity contribution in [3.8, 4) is 0 Å². The summed E-state index contributed by atoms with van der Waals surface area (Å²) in [5.41, 5.74) is 5.67. The van der Waals surface area contributed by atoms with E-state index < -0.39 is 20.7 Å². The lowest BCUT2D eigenvalue weighted by Gasteiger charge is -2.27. The zero-order valence-corrected chi connectivity index (χ0v) is 12.5. The average Bonchev–Trinajstić information content (AvgIpc) is 2.28. The first kappa shape index (κ1) is 15.9. The lowest BCUT2D eigenvalue weighted by Crippen LogP contribution is -2.34.